The number of amides is 2. The maximum absolute atomic E-state index is 13.0. The van der Waals surface area contributed by atoms with E-state index in [2.05, 4.69) is 15.8 Å². The first-order valence-electron chi connectivity index (χ1n) is 11.4. The lowest BCUT2D eigenvalue weighted by Crippen LogP contribution is -2.32. The average molecular weight is 541 g/mol. The molecule has 4 aromatic rings. The van der Waals surface area contributed by atoms with E-state index in [0.29, 0.717) is 10.4 Å². The summed E-state index contributed by atoms with van der Waals surface area (Å²) in [4.78, 5) is 49.5. The summed E-state index contributed by atoms with van der Waals surface area (Å²) in [5.41, 5.74) is 2.68. The van der Waals surface area contributed by atoms with Crippen LogP contribution in [0.25, 0.3) is 6.08 Å². The summed E-state index contributed by atoms with van der Waals surface area (Å²) in [6, 6.07) is 23.8. The Hall–Kier alpha value is -5.42. The Morgan fingerprint density at radius 1 is 0.897 bits per heavy atom. The van der Waals surface area contributed by atoms with Crippen LogP contribution in [0.15, 0.2) is 107 Å². The highest BCUT2D eigenvalue weighted by Crippen LogP contribution is 2.24. The summed E-state index contributed by atoms with van der Waals surface area (Å²) < 4.78 is 5.41. The molecule has 11 heteroatoms. The molecule has 0 fully saturated rings. The lowest BCUT2D eigenvalue weighted by molar-refractivity contribution is -0.384. The number of esters is 1. The molecule has 0 aliphatic rings. The first kappa shape index (κ1) is 26.6. The summed E-state index contributed by atoms with van der Waals surface area (Å²) >= 11 is 1.36. The molecule has 0 aliphatic heterocycles. The van der Waals surface area contributed by atoms with E-state index in [-0.39, 0.29) is 28.3 Å². The van der Waals surface area contributed by atoms with Crippen LogP contribution in [0.5, 0.6) is 5.75 Å². The highest BCUT2D eigenvalue weighted by molar-refractivity contribution is 7.10. The molecule has 0 saturated carbocycles. The molecule has 0 unspecified atom stereocenters. The number of nitrogens with one attached hydrogen (secondary N) is 2. The van der Waals surface area contributed by atoms with Gasteiger partial charge in [0.2, 0.25) is 0 Å². The lowest BCUT2D eigenvalue weighted by Gasteiger charge is -2.09. The maximum atomic E-state index is 13.0. The van der Waals surface area contributed by atoms with Crippen molar-refractivity contribution < 1.29 is 24.0 Å². The largest absolute Gasteiger partial charge is 0.422 e. The van der Waals surface area contributed by atoms with Gasteiger partial charge in [-0.05, 0) is 47.9 Å². The van der Waals surface area contributed by atoms with E-state index in [9.17, 15) is 24.5 Å². The van der Waals surface area contributed by atoms with Crippen LogP contribution < -0.4 is 15.5 Å². The van der Waals surface area contributed by atoms with Gasteiger partial charge >= 0.3 is 5.97 Å². The Balaban J connectivity index is 1.55. The minimum Gasteiger partial charge on any atom is -0.422 e. The minimum atomic E-state index is -0.739. The van der Waals surface area contributed by atoms with Crippen LogP contribution in [0, 0.1) is 10.1 Å². The molecule has 0 spiro atoms. The molecular weight excluding hydrogens is 520 g/mol. The van der Waals surface area contributed by atoms with E-state index in [4.69, 9.17) is 4.74 Å². The van der Waals surface area contributed by atoms with E-state index in [1.807, 2.05) is 5.38 Å². The number of ether oxygens (including phenoxy) is 1. The van der Waals surface area contributed by atoms with Crippen molar-refractivity contribution in [2.45, 2.75) is 0 Å². The van der Waals surface area contributed by atoms with Crippen molar-refractivity contribution in [2.75, 3.05) is 0 Å². The summed E-state index contributed by atoms with van der Waals surface area (Å²) in [5.74, 6) is -1.91. The molecule has 2 N–H and O–H groups in total. The number of hydrogen-bond acceptors (Lipinski definition) is 8. The van der Waals surface area contributed by atoms with Gasteiger partial charge in [0.1, 0.15) is 11.4 Å². The fourth-order valence-electron chi connectivity index (χ4n) is 3.26. The van der Waals surface area contributed by atoms with Gasteiger partial charge in [0, 0.05) is 28.1 Å². The molecule has 10 nitrogen and oxygen atoms in total. The number of rotatable bonds is 9. The zero-order chi connectivity index (χ0) is 27.6. The van der Waals surface area contributed by atoms with Gasteiger partial charge in [-0.15, -0.1) is 11.3 Å². The number of benzene rings is 3. The van der Waals surface area contributed by atoms with Crippen LogP contribution in [0.4, 0.5) is 5.69 Å². The predicted octanol–water partition coefficient (Wildman–Crippen LogP) is 4.80. The summed E-state index contributed by atoms with van der Waals surface area (Å²) in [6.07, 6.45) is 2.61. The van der Waals surface area contributed by atoms with Crippen molar-refractivity contribution in [2.24, 2.45) is 5.10 Å². The quantitative estimate of drug-likeness (QED) is 0.0781. The third-order valence-corrected chi connectivity index (χ3v) is 5.96. The highest BCUT2D eigenvalue weighted by atomic mass is 32.1. The molecule has 0 aliphatic carbocycles. The van der Waals surface area contributed by atoms with Crippen LogP contribution in [-0.2, 0) is 4.79 Å². The van der Waals surface area contributed by atoms with Crippen molar-refractivity contribution in [3.8, 4) is 5.75 Å². The lowest BCUT2D eigenvalue weighted by atomic mass is 10.2. The van der Waals surface area contributed by atoms with Crippen LogP contribution in [-0.4, -0.2) is 28.9 Å². The van der Waals surface area contributed by atoms with Crippen LogP contribution in [0.2, 0.25) is 0 Å². The molecule has 4 rings (SSSR count). The number of hydrazone groups is 1. The van der Waals surface area contributed by atoms with Gasteiger partial charge in [-0.3, -0.25) is 19.7 Å². The van der Waals surface area contributed by atoms with E-state index < -0.39 is 22.7 Å². The number of carbonyl (C=O) groups excluding carboxylic acids is 3. The Bertz CT molecular complexity index is 1550. The second-order valence-corrected chi connectivity index (χ2v) is 8.81. The van der Waals surface area contributed by atoms with Crippen molar-refractivity contribution >= 4 is 47.1 Å². The summed E-state index contributed by atoms with van der Waals surface area (Å²) in [6.45, 7) is 0. The Morgan fingerprint density at radius 2 is 1.59 bits per heavy atom. The minimum absolute atomic E-state index is 0.000756. The Labute approximate surface area is 226 Å². The third kappa shape index (κ3) is 7.31. The van der Waals surface area contributed by atoms with Gasteiger partial charge in [-0.1, -0.05) is 42.5 Å². The van der Waals surface area contributed by atoms with E-state index in [0.717, 1.165) is 12.3 Å². The first-order valence-corrected chi connectivity index (χ1v) is 12.3. The molecular formula is C28H20N4O6S. The molecule has 1 heterocycles. The van der Waals surface area contributed by atoms with Crippen LogP contribution in [0.3, 0.4) is 0 Å². The highest BCUT2D eigenvalue weighted by Gasteiger charge is 2.17. The van der Waals surface area contributed by atoms with Crippen LogP contribution in [0.1, 0.15) is 31.2 Å². The molecule has 2 amide bonds. The monoisotopic (exact) mass is 540 g/mol. The molecule has 1 aromatic heterocycles. The number of nitro benzene ring substituents is 1. The summed E-state index contributed by atoms with van der Waals surface area (Å²) in [5, 5.41) is 19.6. The topological polar surface area (TPSA) is 140 Å². The normalized spacial score (nSPS) is 11.1. The van der Waals surface area contributed by atoms with Crippen molar-refractivity contribution in [3.63, 3.8) is 0 Å². The molecule has 194 valence electrons. The van der Waals surface area contributed by atoms with Crippen molar-refractivity contribution in [1.29, 1.82) is 0 Å². The van der Waals surface area contributed by atoms with E-state index in [1.54, 1.807) is 72.8 Å². The van der Waals surface area contributed by atoms with Gasteiger partial charge < -0.3 is 10.1 Å². The maximum Gasteiger partial charge on any atom is 0.343 e. The molecule has 0 radical (unpaired) electrons. The number of non-ortho nitro benzene ring substituents is 1. The molecule has 0 atom stereocenters. The average Bonchev–Trinajstić information content (AvgIpc) is 3.47. The number of nitrogens with zero attached hydrogens (tertiary/aromatic N) is 2. The number of hydrogen-bond donors (Lipinski definition) is 2. The second-order valence-electron chi connectivity index (χ2n) is 7.83. The molecule has 39 heavy (non-hydrogen) atoms. The van der Waals surface area contributed by atoms with Crippen molar-refractivity contribution in [3.05, 3.63) is 134 Å². The molecule has 0 bridgehead atoms. The van der Waals surface area contributed by atoms with Crippen molar-refractivity contribution in [1.82, 2.24) is 10.7 Å². The number of thiophene rings is 1. The predicted molar refractivity (Wildman–Crippen MR) is 146 cm³/mol. The zero-order valence-corrected chi connectivity index (χ0v) is 21.0. The van der Waals surface area contributed by atoms with E-state index in [1.165, 1.54) is 29.5 Å². The fraction of sp³-hybridized carbons (Fsp3) is 0. The number of carbonyl (C=O) groups is 3. The smallest absolute Gasteiger partial charge is 0.343 e. The standard InChI is InChI=1S/C28H20N4O6S/c33-26(19-8-3-1-4-9-19)30-24(17-23-12-7-15-39-23)27(34)31-29-18-21-16-22(32(36)37)13-14-25(21)38-28(35)20-10-5-2-6-11-20/h1-18H,(H,30,33)(H,31,34)/b24-17+,29-18+. The second kappa shape index (κ2) is 12.7. The molecule has 3 aromatic carbocycles. The SMILES string of the molecule is O=C(N/N=C/c1cc([N+](=O)[O-])ccc1OC(=O)c1ccccc1)/C(=C\c1cccs1)NC(=O)c1ccccc1. The van der Waals surface area contributed by atoms with Gasteiger partial charge in [0.05, 0.1) is 16.7 Å². The molecule has 0 saturated heterocycles. The van der Waals surface area contributed by atoms with Crippen LogP contribution >= 0.6 is 11.3 Å². The number of nitro groups is 1. The van der Waals surface area contributed by atoms with Gasteiger partial charge in [-0.2, -0.15) is 5.10 Å². The van der Waals surface area contributed by atoms with Gasteiger partial charge in [-0.25, -0.2) is 10.2 Å². The fourth-order valence-corrected chi connectivity index (χ4v) is 3.91. The third-order valence-electron chi connectivity index (χ3n) is 5.14. The Kier molecular flexibility index (Phi) is 8.67. The van der Waals surface area contributed by atoms with E-state index >= 15 is 0 Å². The first-order chi connectivity index (χ1) is 18.9. The van der Waals surface area contributed by atoms with Gasteiger partial charge in [0.25, 0.3) is 17.5 Å². The zero-order valence-electron chi connectivity index (χ0n) is 20.1. The summed E-state index contributed by atoms with van der Waals surface area (Å²) in [7, 11) is 0. The van der Waals surface area contributed by atoms with Gasteiger partial charge in [0.15, 0.2) is 0 Å². The Morgan fingerprint density at radius 3 is 2.23 bits per heavy atom.